The average molecular weight is 252 g/mol. The Hall–Kier alpha value is -1.75. The van der Waals surface area contributed by atoms with Crippen LogP contribution in [0.3, 0.4) is 0 Å². The van der Waals surface area contributed by atoms with Crippen LogP contribution in [0.25, 0.3) is 0 Å². The SMILES string of the molecule is COc1cc(C)c(NC(=O)CC(C)N)cc1OC. The van der Waals surface area contributed by atoms with Crippen LogP contribution >= 0.6 is 0 Å². The van der Waals surface area contributed by atoms with Crippen LogP contribution in [0, 0.1) is 6.92 Å². The van der Waals surface area contributed by atoms with Crippen LogP contribution in [0.15, 0.2) is 12.1 Å². The Bertz CT molecular complexity index is 430. The van der Waals surface area contributed by atoms with Gasteiger partial charge in [-0.25, -0.2) is 0 Å². The fourth-order valence-corrected chi connectivity index (χ4v) is 1.61. The summed E-state index contributed by atoms with van der Waals surface area (Å²) in [5.74, 6) is 1.11. The molecule has 1 aromatic rings. The first-order valence-corrected chi connectivity index (χ1v) is 5.76. The number of carbonyl (C=O) groups is 1. The number of methoxy groups -OCH3 is 2. The number of hydrogen-bond donors (Lipinski definition) is 2. The third-order valence-electron chi connectivity index (χ3n) is 2.51. The minimum absolute atomic E-state index is 0.111. The second kappa shape index (κ2) is 6.26. The van der Waals surface area contributed by atoms with Crippen LogP contribution < -0.4 is 20.5 Å². The number of hydrogen-bond acceptors (Lipinski definition) is 4. The van der Waals surface area contributed by atoms with Crippen LogP contribution in [0.4, 0.5) is 5.69 Å². The summed E-state index contributed by atoms with van der Waals surface area (Å²) in [5.41, 5.74) is 7.20. The van der Waals surface area contributed by atoms with E-state index in [0.717, 1.165) is 5.56 Å². The van der Waals surface area contributed by atoms with Crippen molar-refractivity contribution in [3.63, 3.8) is 0 Å². The molecule has 1 atom stereocenters. The Kier molecular flexibility index (Phi) is 4.97. The van der Waals surface area contributed by atoms with Gasteiger partial charge < -0.3 is 20.5 Å². The molecule has 5 nitrogen and oxygen atoms in total. The fourth-order valence-electron chi connectivity index (χ4n) is 1.61. The average Bonchev–Trinajstić information content (AvgIpc) is 2.30. The molecule has 0 saturated carbocycles. The third-order valence-corrected chi connectivity index (χ3v) is 2.51. The lowest BCUT2D eigenvalue weighted by atomic mass is 10.1. The monoisotopic (exact) mass is 252 g/mol. The first kappa shape index (κ1) is 14.3. The molecule has 18 heavy (non-hydrogen) atoms. The summed E-state index contributed by atoms with van der Waals surface area (Å²) < 4.78 is 10.4. The molecule has 0 aromatic heterocycles. The molecule has 0 bridgehead atoms. The molecule has 0 heterocycles. The first-order valence-electron chi connectivity index (χ1n) is 5.76. The Morgan fingerprint density at radius 3 is 2.39 bits per heavy atom. The molecule has 0 saturated heterocycles. The van der Waals surface area contributed by atoms with Crippen molar-refractivity contribution in [1.82, 2.24) is 0 Å². The smallest absolute Gasteiger partial charge is 0.225 e. The predicted molar refractivity (Wildman–Crippen MR) is 71.2 cm³/mol. The second-order valence-electron chi connectivity index (χ2n) is 4.25. The molecule has 1 unspecified atom stereocenters. The van der Waals surface area contributed by atoms with E-state index in [0.29, 0.717) is 17.2 Å². The fraction of sp³-hybridized carbons (Fsp3) is 0.462. The zero-order valence-corrected chi connectivity index (χ0v) is 11.2. The highest BCUT2D eigenvalue weighted by molar-refractivity contribution is 5.92. The molecule has 3 N–H and O–H groups in total. The van der Waals surface area contributed by atoms with Gasteiger partial charge in [0.05, 0.1) is 14.2 Å². The third kappa shape index (κ3) is 3.63. The Morgan fingerprint density at radius 1 is 1.33 bits per heavy atom. The molecular formula is C13H20N2O3. The Morgan fingerprint density at radius 2 is 1.89 bits per heavy atom. The molecule has 0 aliphatic rings. The summed E-state index contributed by atoms with van der Waals surface area (Å²) in [7, 11) is 3.13. The van der Waals surface area contributed by atoms with Crippen molar-refractivity contribution >= 4 is 11.6 Å². The van der Waals surface area contributed by atoms with Crippen LogP contribution in [0.2, 0.25) is 0 Å². The number of nitrogens with one attached hydrogen (secondary N) is 1. The van der Waals surface area contributed by atoms with Crippen molar-refractivity contribution in [2.45, 2.75) is 26.3 Å². The second-order valence-corrected chi connectivity index (χ2v) is 4.25. The van der Waals surface area contributed by atoms with Crippen molar-refractivity contribution in [2.75, 3.05) is 19.5 Å². The van der Waals surface area contributed by atoms with Crippen LogP contribution in [0.1, 0.15) is 18.9 Å². The summed E-state index contributed by atoms with van der Waals surface area (Å²) in [6, 6.07) is 3.40. The first-order chi connectivity index (χ1) is 8.47. The maximum atomic E-state index is 11.7. The largest absolute Gasteiger partial charge is 0.493 e. The number of nitrogens with two attached hydrogens (primary N) is 1. The van der Waals surface area contributed by atoms with E-state index >= 15 is 0 Å². The van der Waals surface area contributed by atoms with Crippen molar-refractivity contribution in [3.8, 4) is 11.5 Å². The zero-order chi connectivity index (χ0) is 13.7. The van der Waals surface area contributed by atoms with E-state index in [-0.39, 0.29) is 18.4 Å². The highest BCUT2D eigenvalue weighted by atomic mass is 16.5. The van der Waals surface area contributed by atoms with E-state index in [2.05, 4.69) is 5.32 Å². The molecule has 1 amide bonds. The van der Waals surface area contributed by atoms with Crippen LogP contribution in [0.5, 0.6) is 11.5 Å². The van der Waals surface area contributed by atoms with E-state index in [9.17, 15) is 4.79 Å². The van der Waals surface area contributed by atoms with Gasteiger partial charge in [-0.1, -0.05) is 0 Å². The molecule has 5 heteroatoms. The molecule has 1 rings (SSSR count). The van der Waals surface area contributed by atoms with Gasteiger partial charge in [-0.05, 0) is 25.5 Å². The number of rotatable bonds is 5. The van der Waals surface area contributed by atoms with E-state index < -0.39 is 0 Å². The van der Waals surface area contributed by atoms with Gasteiger partial charge >= 0.3 is 0 Å². The molecule has 100 valence electrons. The Labute approximate surface area is 107 Å². The highest BCUT2D eigenvalue weighted by Gasteiger charge is 2.11. The van der Waals surface area contributed by atoms with Crippen molar-refractivity contribution in [3.05, 3.63) is 17.7 Å². The van der Waals surface area contributed by atoms with Gasteiger partial charge in [0.15, 0.2) is 11.5 Å². The Balaban J connectivity index is 2.92. The maximum Gasteiger partial charge on any atom is 0.225 e. The molecular weight excluding hydrogens is 232 g/mol. The summed E-state index contributed by atoms with van der Waals surface area (Å²) in [6.45, 7) is 3.69. The lowest BCUT2D eigenvalue weighted by Crippen LogP contribution is -2.24. The van der Waals surface area contributed by atoms with Crippen molar-refractivity contribution < 1.29 is 14.3 Å². The minimum atomic E-state index is -0.162. The molecule has 0 aliphatic carbocycles. The van der Waals surface area contributed by atoms with Gasteiger partial charge in [0.25, 0.3) is 0 Å². The molecule has 0 spiro atoms. The summed E-state index contributed by atoms with van der Waals surface area (Å²) in [4.78, 5) is 11.7. The highest BCUT2D eigenvalue weighted by Crippen LogP contribution is 2.32. The van der Waals surface area contributed by atoms with Gasteiger partial charge in [-0.2, -0.15) is 0 Å². The van der Waals surface area contributed by atoms with E-state index in [1.54, 1.807) is 27.2 Å². The van der Waals surface area contributed by atoms with Crippen molar-refractivity contribution in [1.29, 1.82) is 0 Å². The molecule has 0 fully saturated rings. The van der Waals surface area contributed by atoms with Crippen LogP contribution in [-0.4, -0.2) is 26.2 Å². The topological polar surface area (TPSA) is 73.6 Å². The molecule has 0 radical (unpaired) electrons. The van der Waals surface area contributed by atoms with E-state index in [1.807, 2.05) is 13.0 Å². The maximum absolute atomic E-state index is 11.7. The molecule has 1 aromatic carbocycles. The summed E-state index contributed by atoms with van der Waals surface area (Å²) in [6.07, 6.45) is 0.286. The standard InChI is InChI=1S/C13H20N2O3/c1-8-5-11(17-3)12(18-4)7-10(8)15-13(16)6-9(2)14/h5,7,9H,6,14H2,1-4H3,(H,15,16). The van der Waals surface area contributed by atoms with Gasteiger partial charge in [0.2, 0.25) is 5.91 Å². The zero-order valence-electron chi connectivity index (χ0n) is 11.2. The van der Waals surface area contributed by atoms with E-state index in [1.165, 1.54) is 0 Å². The summed E-state index contributed by atoms with van der Waals surface area (Å²) >= 11 is 0. The summed E-state index contributed by atoms with van der Waals surface area (Å²) in [5, 5.41) is 2.81. The normalized spacial score (nSPS) is 11.8. The lowest BCUT2D eigenvalue weighted by Gasteiger charge is -2.14. The predicted octanol–water partition coefficient (Wildman–Crippen LogP) is 1.69. The number of carbonyl (C=O) groups excluding carboxylic acids is 1. The molecule has 0 aliphatic heterocycles. The minimum Gasteiger partial charge on any atom is -0.493 e. The quantitative estimate of drug-likeness (QED) is 0.836. The van der Waals surface area contributed by atoms with E-state index in [4.69, 9.17) is 15.2 Å². The number of benzene rings is 1. The number of anilines is 1. The number of ether oxygens (including phenoxy) is 2. The number of aryl methyl sites for hydroxylation is 1. The lowest BCUT2D eigenvalue weighted by molar-refractivity contribution is -0.116. The van der Waals surface area contributed by atoms with Crippen LogP contribution in [-0.2, 0) is 4.79 Å². The van der Waals surface area contributed by atoms with Gasteiger partial charge in [0, 0.05) is 24.2 Å². The number of amides is 1. The van der Waals surface area contributed by atoms with Gasteiger partial charge in [-0.15, -0.1) is 0 Å². The van der Waals surface area contributed by atoms with Gasteiger partial charge in [-0.3, -0.25) is 4.79 Å². The van der Waals surface area contributed by atoms with Crippen molar-refractivity contribution in [2.24, 2.45) is 5.73 Å². The van der Waals surface area contributed by atoms with Gasteiger partial charge in [0.1, 0.15) is 0 Å².